The number of hydrogen-bond acceptors (Lipinski definition) is 2. The first kappa shape index (κ1) is 30.8. The van der Waals surface area contributed by atoms with Crippen LogP contribution in [0.25, 0.3) is 0 Å². The Morgan fingerprint density at radius 3 is 1.81 bits per heavy atom. The topological polar surface area (TPSA) is 12.5 Å². The number of rotatable bonds is 4. The average molecular weight is 486 g/mol. The van der Waals surface area contributed by atoms with Crippen molar-refractivity contribution in [3.05, 3.63) is 113 Å². The lowest BCUT2D eigenvalue weighted by molar-refractivity contribution is 0.414. The maximum absolute atomic E-state index is 5.00. The summed E-state index contributed by atoms with van der Waals surface area (Å²) in [5.41, 5.74) is 7.84. The zero-order chi connectivity index (χ0) is 26.8. The van der Waals surface area contributed by atoms with Crippen molar-refractivity contribution >= 4 is 11.4 Å². The van der Waals surface area contributed by atoms with Crippen molar-refractivity contribution in [2.75, 3.05) is 12.0 Å². The molecule has 0 N–H and O–H groups in total. The predicted molar refractivity (Wildman–Crippen MR) is 160 cm³/mol. The molecular formula is C34H47NO. The molecule has 0 atom stereocenters. The van der Waals surface area contributed by atoms with Crippen LogP contribution in [-0.4, -0.2) is 7.11 Å². The molecule has 0 unspecified atom stereocenters. The monoisotopic (exact) mass is 485 g/mol. The summed E-state index contributed by atoms with van der Waals surface area (Å²) in [7, 11) is 1.68. The highest BCUT2D eigenvalue weighted by atomic mass is 16.5. The largest absolute Gasteiger partial charge is 0.497 e. The molecule has 36 heavy (non-hydrogen) atoms. The van der Waals surface area contributed by atoms with Gasteiger partial charge in [-0.2, -0.15) is 0 Å². The van der Waals surface area contributed by atoms with Gasteiger partial charge in [-0.05, 0) is 94.5 Å². The van der Waals surface area contributed by atoms with Crippen molar-refractivity contribution in [2.24, 2.45) is 0 Å². The van der Waals surface area contributed by atoms with Crippen molar-refractivity contribution in [3.8, 4) is 5.75 Å². The third-order valence-electron chi connectivity index (χ3n) is 5.63. The molecule has 3 aromatic carbocycles. The lowest BCUT2D eigenvalue weighted by atomic mass is 10.0. The van der Waals surface area contributed by atoms with Crippen LogP contribution >= 0.6 is 0 Å². The van der Waals surface area contributed by atoms with E-state index in [1.807, 2.05) is 58.9 Å². The van der Waals surface area contributed by atoms with Crippen LogP contribution in [-0.2, 0) is 0 Å². The smallest absolute Gasteiger partial charge is 0.119 e. The Balaban J connectivity index is 0.000000417. The molecule has 194 valence electrons. The Morgan fingerprint density at radius 2 is 1.22 bits per heavy atom. The summed E-state index contributed by atoms with van der Waals surface area (Å²) in [6.45, 7) is 14.4. The van der Waals surface area contributed by atoms with Crippen LogP contribution in [0.5, 0.6) is 5.75 Å². The van der Waals surface area contributed by atoms with Crippen molar-refractivity contribution in [1.82, 2.24) is 0 Å². The summed E-state index contributed by atoms with van der Waals surface area (Å²) >= 11 is 0. The fourth-order valence-corrected chi connectivity index (χ4v) is 3.80. The highest BCUT2D eigenvalue weighted by Crippen LogP contribution is 2.33. The van der Waals surface area contributed by atoms with Crippen molar-refractivity contribution in [2.45, 2.75) is 74.1 Å². The number of methoxy groups -OCH3 is 1. The molecule has 0 radical (unpaired) electrons. The molecule has 4 rings (SSSR count). The van der Waals surface area contributed by atoms with Crippen LogP contribution in [0.4, 0.5) is 11.4 Å². The van der Waals surface area contributed by atoms with E-state index in [9.17, 15) is 0 Å². The number of hydrogen-bond donors (Lipinski definition) is 0. The van der Waals surface area contributed by atoms with Crippen molar-refractivity contribution < 1.29 is 4.74 Å². The third-order valence-corrected chi connectivity index (χ3v) is 5.63. The van der Waals surface area contributed by atoms with E-state index in [4.69, 9.17) is 4.74 Å². The van der Waals surface area contributed by atoms with Gasteiger partial charge in [-0.3, -0.25) is 0 Å². The number of nitrogens with zero attached hydrogens (tertiary/aromatic N) is 1. The second-order valence-electron chi connectivity index (χ2n) is 8.41. The maximum Gasteiger partial charge on any atom is 0.119 e. The molecule has 0 heterocycles. The number of benzene rings is 3. The van der Waals surface area contributed by atoms with Gasteiger partial charge in [-0.1, -0.05) is 87.4 Å². The van der Waals surface area contributed by atoms with E-state index < -0.39 is 0 Å². The molecule has 0 aliphatic heterocycles. The van der Waals surface area contributed by atoms with E-state index in [1.165, 1.54) is 53.0 Å². The molecule has 1 aliphatic carbocycles. The minimum Gasteiger partial charge on any atom is -0.497 e. The number of ether oxygens (including phenoxy) is 1. The van der Waals surface area contributed by atoms with Crippen LogP contribution in [0.1, 0.15) is 71.4 Å². The Morgan fingerprint density at radius 1 is 0.611 bits per heavy atom. The van der Waals surface area contributed by atoms with Gasteiger partial charge in [0.2, 0.25) is 0 Å². The highest BCUT2D eigenvalue weighted by Gasteiger charge is 2.15. The lowest BCUT2D eigenvalue weighted by Gasteiger charge is -2.29. The summed E-state index contributed by atoms with van der Waals surface area (Å²) in [6.07, 6.45) is 9.45. The first-order chi connectivity index (χ1) is 17.6. The summed E-state index contributed by atoms with van der Waals surface area (Å²) in [5.74, 6) is 0.926. The summed E-state index contributed by atoms with van der Waals surface area (Å²) in [6, 6.07) is 27.5. The van der Waals surface area contributed by atoms with Gasteiger partial charge in [0.1, 0.15) is 5.75 Å². The summed E-state index contributed by atoms with van der Waals surface area (Å²) < 4.78 is 5.00. The van der Waals surface area contributed by atoms with Gasteiger partial charge in [0.25, 0.3) is 0 Å². The van der Waals surface area contributed by atoms with E-state index in [0.29, 0.717) is 0 Å². The molecule has 3 aromatic rings. The molecule has 2 nitrogen and oxygen atoms in total. The van der Waals surface area contributed by atoms with Gasteiger partial charge in [-0.25, -0.2) is 0 Å². The average Bonchev–Trinajstić information content (AvgIpc) is 2.92. The number of anilines is 2. The molecule has 0 saturated carbocycles. The molecule has 2 heteroatoms. The van der Waals surface area contributed by atoms with Gasteiger partial charge in [0, 0.05) is 17.1 Å². The van der Waals surface area contributed by atoms with Crippen LogP contribution < -0.4 is 9.64 Å². The Labute approximate surface area is 221 Å². The molecule has 0 spiro atoms. The Bertz CT molecular complexity index is 1030. The van der Waals surface area contributed by atoms with Crippen LogP contribution in [0.3, 0.4) is 0 Å². The van der Waals surface area contributed by atoms with E-state index in [0.717, 1.165) is 12.2 Å². The zero-order valence-corrected chi connectivity index (χ0v) is 23.8. The molecule has 0 fully saturated rings. The van der Waals surface area contributed by atoms with Gasteiger partial charge >= 0.3 is 0 Å². The van der Waals surface area contributed by atoms with Gasteiger partial charge in [0.05, 0.1) is 7.11 Å². The zero-order valence-electron chi connectivity index (χ0n) is 23.8. The fourth-order valence-electron chi connectivity index (χ4n) is 3.80. The van der Waals surface area contributed by atoms with Gasteiger partial charge in [-0.15, -0.1) is 0 Å². The molecule has 0 bridgehead atoms. The predicted octanol–water partition coefficient (Wildman–Crippen LogP) is 10.6. The van der Waals surface area contributed by atoms with Gasteiger partial charge in [0.15, 0.2) is 0 Å². The Kier molecular flexibility index (Phi) is 15.4. The number of allylic oxidation sites excluding steroid dienone is 4. The lowest BCUT2D eigenvalue weighted by Crippen LogP contribution is -2.17. The van der Waals surface area contributed by atoms with Crippen LogP contribution in [0.15, 0.2) is 102 Å². The molecular weight excluding hydrogens is 438 g/mol. The fraction of sp³-hybridized carbons (Fsp3) is 0.353. The molecule has 0 aromatic heterocycles. The first-order valence-corrected chi connectivity index (χ1v) is 13.5. The van der Waals surface area contributed by atoms with Gasteiger partial charge < -0.3 is 9.64 Å². The molecule has 0 amide bonds. The standard InChI is InChI=1S/C22H25N.C8H10O.2C2H6/c1-18-8-6-7-11-21(15-12-18)23(20-9-4-3-5-10-20)22-16-13-19(2)14-17-22;1-7-4-3-5-8(6-7)9-2;2*1-2/h3-5,9-10,12-17H,6-8,11H2,1-2H3;3-6H,1-2H3;2*1-2H3/b18-12-,21-15+;;;. The second-order valence-corrected chi connectivity index (χ2v) is 8.41. The number of aryl methyl sites for hydroxylation is 2. The quantitative estimate of drug-likeness (QED) is 0.364. The first-order valence-electron chi connectivity index (χ1n) is 13.5. The SMILES string of the molecule is C/C1=C/C=C(/N(c2ccccc2)c2ccc(C)cc2)CCCC1.CC.CC.COc1cccc(C)c1. The van der Waals surface area contributed by atoms with E-state index in [2.05, 4.69) is 85.5 Å². The second kappa shape index (κ2) is 18.1. The third kappa shape index (κ3) is 10.6. The van der Waals surface area contributed by atoms with E-state index >= 15 is 0 Å². The molecule has 0 saturated heterocycles. The molecule has 1 aliphatic rings. The summed E-state index contributed by atoms with van der Waals surface area (Å²) in [5, 5.41) is 0. The van der Waals surface area contributed by atoms with E-state index in [1.54, 1.807) is 7.11 Å². The minimum absolute atomic E-state index is 0.926. The maximum atomic E-state index is 5.00. The van der Waals surface area contributed by atoms with Crippen LogP contribution in [0, 0.1) is 13.8 Å². The Hall–Kier alpha value is -3.26. The minimum atomic E-state index is 0.926. The normalized spacial score (nSPS) is 15.2. The highest BCUT2D eigenvalue weighted by molar-refractivity contribution is 5.68. The number of para-hydroxylation sites is 1. The summed E-state index contributed by atoms with van der Waals surface area (Å²) in [4.78, 5) is 2.40. The van der Waals surface area contributed by atoms with Crippen molar-refractivity contribution in [3.63, 3.8) is 0 Å². The van der Waals surface area contributed by atoms with Crippen LogP contribution in [0.2, 0.25) is 0 Å². The van der Waals surface area contributed by atoms with E-state index in [-0.39, 0.29) is 0 Å². The van der Waals surface area contributed by atoms with Crippen molar-refractivity contribution in [1.29, 1.82) is 0 Å².